The second-order valence-electron chi connectivity index (χ2n) is 5.34. The number of aliphatic hydroxyl groups excluding tert-OH is 1. The summed E-state index contributed by atoms with van der Waals surface area (Å²) in [6, 6.07) is 2.84. The summed E-state index contributed by atoms with van der Waals surface area (Å²) in [4.78, 5) is -0.0187. The van der Waals surface area contributed by atoms with Gasteiger partial charge in [0.1, 0.15) is 4.90 Å². The highest BCUT2D eigenvalue weighted by molar-refractivity contribution is 7.89. The molecule has 0 aromatic heterocycles. The Labute approximate surface area is 135 Å². The van der Waals surface area contributed by atoms with Gasteiger partial charge in [-0.1, -0.05) is 30.1 Å². The highest BCUT2D eigenvalue weighted by atomic mass is 35.5. The molecule has 1 aliphatic carbocycles. The van der Waals surface area contributed by atoms with E-state index in [1.54, 1.807) is 0 Å². The highest BCUT2D eigenvalue weighted by Crippen LogP contribution is 2.35. The number of aliphatic hydroxyl groups is 1. The number of hydrogen-bond donors (Lipinski definition) is 1. The normalized spacial score (nSPS) is 15.7. The third-order valence-corrected chi connectivity index (χ3v) is 6.17. The Morgan fingerprint density at radius 1 is 1.33 bits per heavy atom. The van der Waals surface area contributed by atoms with Crippen LogP contribution in [0.25, 0.3) is 0 Å². The maximum atomic E-state index is 12.8. The van der Waals surface area contributed by atoms with Crippen LogP contribution in [0.2, 0.25) is 10.0 Å². The molecular formula is C14H19Cl2NO3S. The number of hydrogen-bond acceptors (Lipinski definition) is 3. The van der Waals surface area contributed by atoms with Crippen molar-refractivity contribution < 1.29 is 13.5 Å². The van der Waals surface area contributed by atoms with E-state index in [1.807, 2.05) is 6.92 Å². The lowest BCUT2D eigenvalue weighted by Gasteiger charge is -2.22. The van der Waals surface area contributed by atoms with E-state index in [2.05, 4.69) is 0 Å². The molecule has 0 atom stereocenters. The number of sulfonamides is 1. The van der Waals surface area contributed by atoms with Crippen molar-refractivity contribution in [3.63, 3.8) is 0 Å². The Kier molecular flexibility index (Phi) is 5.54. The van der Waals surface area contributed by atoms with Gasteiger partial charge in [0.25, 0.3) is 0 Å². The predicted molar refractivity (Wildman–Crippen MR) is 84.2 cm³/mol. The van der Waals surface area contributed by atoms with E-state index < -0.39 is 10.0 Å². The Morgan fingerprint density at radius 3 is 2.52 bits per heavy atom. The Bertz CT molecular complexity index is 615. The van der Waals surface area contributed by atoms with Crippen molar-refractivity contribution in [2.24, 2.45) is 5.92 Å². The molecule has 7 heteroatoms. The van der Waals surface area contributed by atoms with Gasteiger partial charge in [0, 0.05) is 18.1 Å². The first-order valence-electron chi connectivity index (χ1n) is 6.99. The Hall–Kier alpha value is -0.330. The molecular weight excluding hydrogens is 333 g/mol. The van der Waals surface area contributed by atoms with Crippen LogP contribution in [0.4, 0.5) is 0 Å². The van der Waals surface area contributed by atoms with Gasteiger partial charge in [0.05, 0.1) is 11.6 Å². The smallest absolute Gasteiger partial charge is 0.244 e. The number of nitrogens with zero attached hydrogens (tertiary/aromatic N) is 1. The van der Waals surface area contributed by atoms with Crippen molar-refractivity contribution in [2.75, 3.05) is 13.1 Å². The summed E-state index contributed by atoms with van der Waals surface area (Å²) in [6.07, 6.45) is 2.87. The van der Waals surface area contributed by atoms with Crippen molar-refractivity contribution >= 4 is 33.2 Å². The molecule has 2 rings (SSSR count). The highest BCUT2D eigenvalue weighted by Gasteiger charge is 2.33. The van der Waals surface area contributed by atoms with Crippen LogP contribution in [0.3, 0.4) is 0 Å². The van der Waals surface area contributed by atoms with E-state index in [4.69, 9.17) is 23.2 Å². The monoisotopic (exact) mass is 351 g/mol. The van der Waals surface area contributed by atoms with Crippen LogP contribution in [0.1, 0.15) is 31.7 Å². The minimum atomic E-state index is -3.70. The van der Waals surface area contributed by atoms with Crippen LogP contribution in [-0.2, 0) is 16.6 Å². The molecule has 4 nitrogen and oxygen atoms in total. The van der Waals surface area contributed by atoms with E-state index in [0.717, 1.165) is 19.3 Å². The summed E-state index contributed by atoms with van der Waals surface area (Å²) in [5.41, 5.74) is 0.325. The quantitative estimate of drug-likeness (QED) is 0.819. The third-order valence-electron chi connectivity index (χ3n) is 3.50. The van der Waals surface area contributed by atoms with Gasteiger partial charge in [-0.25, -0.2) is 8.42 Å². The summed E-state index contributed by atoms with van der Waals surface area (Å²) in [6.45, 7) is 2.57. The summed E-state index contributed by atoms with van der Waals surface area (Å²) < 4.78 is 27.1. The molecule has 118 valence electrons. The maximum absolute atomic E-state index is 12.8. The van der Waals surface area contributed by atoms with E-state index >= 15 is 0 Å². The van der Waals surface area contributed by atoms with Crippen molar-refractivity contribution in [2.45, 2.75) is 37.7 Å². The lowest BCUT2D eigenvalue weighted by molar-refractivity contribution is 0.281. The van der Waals surface area contributed by atoms with Gasteiger partial charge >= 0.3 is 0 Å². The van der Waals surface area contributed by atoms with E-state index in [9.17, 15) is 13.5 Å². The Morgan fingerprint density at radius 2 is 2.00 bits per heavy atom. The predicted octanol–water partition coefficient (Wildman–Crippen LogP) is 3.30. The zero-order chi connectivity index (χ0) is 15.6. The molecule has 0 spiro atoms. The van der Waals surface area contributed by atoms with E-state index in [0.29, 0.717) is 24.6 Å². The minimum absolute atomic E-state index is 0.0187. The molecule has 1 aliphatic rings. The van der Waals surface area contributed by atoms with Crippen molar-refractivity contribution in [1.29, 1.82) is 0 Å². The lowest BCUT2D eigenvalue weighted by Crippen LogP contribution is -2.34. The minimum Gasteiger partial charge on any atom is -0.392 e. The molecule has 0 saturated heterocycles. The molecule has 0 unspecified atom stereocenters. The van der Waals surface area contributed by atoms with Crippen LogP contribution in [0.15, 0.2) is 17.0 Å². The molecule has 1 fully saturated rings. The lowest BCUT2D eigenvalue weighted by atomic mass is 10.2. The van der Waals surface area contributed by atoms with Gasteiger partial charge in [-0.2, -0.15) is 4.31 Å². The average Bonchev–Trinajstić information content (AvgIpc) is 3.24. The van der Waals surface area contributed by atoms with Crippen LogP contribution in [0.5, 0.6) is 0 Å². The first-order valence-corrected chi connectivity index (χ1v) is 9.18. The molecule has 1 N–H and O–H groups in total. The maximum Gasteiger partial charge on any atom is 0.244 e. The number of benzene rings is 1. The van der Waals surface area contributed by atoms with Crippen molar-refractivity contribution in [1.82, 2.24) is 4.31 Å². The summed E-state index contributed by atoms with van der Waals surface area (Å²) in [7, 11) is -3.70. The molecule has 1 aromatic carbocycles. The van der Waals surface area contributed by atoms with Gasteiger partial charge in [-0.15, -0.1) is 0 Å². The van der Waals surface area contributed by atoms with Crippen LogP contribution in [0, 0.1) is 5.92 Å². The topological polar surface area (TPSA) is 57.6 Å². The molecule has 21 heavy (non-hydrogen) atoms. The first kappa shape index (κ1) is 17.0. The van der Waals surface area contributed by atoms with Gasteiger partial charge < -0.3 is 5.11 Å². The van der Waals surface area contributed by atoms with Crippen molar-refractivity contribution in [3.8, 4) is 0 Å². The fourth-order valence-electron chi connectivity index (χ4n) is 2.21. The average molecular weight is 352 g/mol. The molecule has 1 aromatic rings. The van der Waals surface area contributed by atoms with E-state index in [-0.39, 0.29) is 21.5 Å². The van der Waals surface area contributed by atoms with Crippen LogP contribution in [-0.4, -0.2) is 30.9 Å². The SMILES string of the molecule is CCCN(CC1CC1)S(=O)(=O)c1cc(Cl)cc(CO)c1Cl. The van der Waals surface area contributed by atoms with Crippen LogP contribution >= 0.6 is 23.2 Å². The summed E-state index contributed by atoms with van der Waals surface area (Å²) >= 11 is 12.1. The van der Waals surface area contributed by atoms with Gasteiger partial charge in [0.15, 0.2) is 0 Å². The third kappa shape index (κ3) is 3.90. The molecule has 0 aliphatic heterocycles. The molecule has 0 bridgehead atoms. The fraction of sp³-hybridized carbons (Fsp3) is 0.571. The molecule has 0 radical (unpaired) electrons. The second kappa shape index (κ2) is 6.84. The van der Waals surface area contributed by atoms with Gasteiger partial charge in [-0.05, 0) is 42.9 Å². The van der Waals surface area contributed by atoms with Crippen molar-refractivity contribution in [3.05, 3.63) is 27.7 Å². The summed E-state index contributed by atoms with van der Waals surface area (Å²) in [5.74, 6) is 0.446. The number of rotatable bonds is 7. The standard InChI is InChI=1S/C14H19Cl2NO3S/c1-2-5-17(8-10-3-4-10)21(19,20)13-7-12(15)6-11(9-18)14(13)16/h6-7,10,18H,2-5,8-9H2,1H3. The Balaban J connectivity index is 2.43. The fourth-order valence-corrected chi connectivity index (χ4v) is 4.72. The summed E-state index contributed by atoms with van der Waals surface area (Å²) in [5, 5.41) is 9.59. The largest absolute Gasteiger partial charge is 0.392 e. The van der Waals surface area contributed by atoms with E-state index in [1.165, 1.54) is 16.4 Å². The molecule has 0 heterocycles. The molecule has 0 amide bonds. The second-order valence-corrected chi connectivity index (χ2v) is 8.06. The van der Waals surface area contributed by atoms with Crippen LogP contribution < -0.4 is 0 Å². The number of halogens is 2. The zero-order valence-electron chi connectivity index (χ0n) is 11.8. The first-order chi connectivity index (χ1) is 9.90. The van der Waals surface area contributed by atoms with Gasteiger partial charge in [-0.3, -0.25) is 0 Å². The zero-order valence-corrected chi connectivity index (χ0v) is 14.2. The molecule has 1 saturated carbocycles. The van der Waals surface area contributed by atoms with Gasteiger partial charge in [0.2, 0.25) is 10.0 Å².